The number of hydrogen-bond donors (Lipinski definition) is 4. The van der Waals surface area contributed by atoms with Crippen LogP contribution in [0.2, 0.25) is 0 Å². The summed E-state index contributed by atoms with van der Waals surface area (Å²) in [5.41, 5.74) is 1.14. The van der Waals surface area contributed by atoms with E-state index in [2.05, 4.69) is 25.6 Å². The summed E-state index contributed by atoms with van der Waals surface area (Å²) in [6.45, 7) is -0.461. The summed E-state index contributed by atoms with van der Waals surface area (Å²) in [5, 5.41) is 25.7. The molecule has 2 aromatic rings. The van der Waals surface area contributed by atoms with Crippen LogP contribution in [-0.2, 0) is 21.5 Å². The summed E-state index contributed by atoms with van der Waals surface area (Å²) in [4.78, 5) is 11.4. The number of rotatable bonds is 9. The second kappa shape index (κ2) is 9.43. The first-order chi connectivity index (χ1) is 12.8. The van der Waals surface area contributed by atoms with Crippen molar-refractivity contribution in [3.05, 3.63) is 35.5 Å². The van der Waals surface area contributed by atoms with Crippen molar-refractivity contribution in [2.75, 3.05) is 23.4 Å². The van der Waals surface area contributed by atoms with Crippen LogP contribution in [0.3, 0.4) is 0 Å². The number of anilines is 1. The van der Waals surface area contributed by atoms with Gasteiger partial charge in [0.05, 0.1) is 0 Å². The number of benzene rings is 1. The summed E-state index contributed by atoms with van der Waals surface area (Å²) in [5.74, 6) is -1.25. The quantitative estimate of drug-likeness (QED) is 0.198. The van der Waals surface area contributed by atoms with E-state index in [0.717, 1.165) is 11.8 Å². The molecule has 10 nitrogen and oxygen atoms in total. The van der Waals surface area contributed by atoms with Crippen LogP contribution in [0.25, 0.3) is 0 Å². The molecule has 0 saturated carbocycles. The van der Waals surface area contributed by atoms with Gasteiger partial charge in [-0.3, -0.25) is 10.2 Å². The van der Waals surface area contributed by atoms with E-state index in [-0.39, 0.29) is 18.1 Å². The van der Waals surface area contributed by atoms with Crippen molar-refractivity contribution in [1.29, 1.82) is 5.41 Å². The van der Waals surface area contributed by atoms with Gasteiger partial charge in [-0.2, -0.15) is 0 Å². The lowest BCUT2D eigenvalue weighted by molar-refractivity contribution is -0.118. The smallest absolute Gasteiger partial charge is 0.236 e. The van der Waals surface area contributed by atoms with Gasteiger partial charge in [0.25, 0.3) is 0 Å². The van der Waals surface area contributed by atoms with E-state index >= 15 is 0 Å². The number of nitrogens with one attached hydrogen (secondary N) is 3. The molecule has 2 rings (SSSR count). The number of primary sulfonamides is 1. The minimum Gasteiger partial charge on any atom is -0.354 e. The Bertz CT molecular complexity index is 918. The van der Waals surface area contributed by atoms with Gasteiger partial charge < -0.3 is 10.6 Å². The highest BCUT2D eigenvalue weighted by Gasteiger charge is 2.16. The molecule has 0 fully saturated rings. The molecule has 1 aromatic heterocycles. The van der Waals surface area contributed by atoms with Crippen molar-refractivity contribution < 1.29 is 22.2 Å². The van der Waals surface area contributed by atoms with E-state index in [1.165, 1.54) is 0 Å². The molecule has 0 bridgehead atoms. The monoisotopic (exact) mass is 416 g/mol. The zero-order valence-corrected chi connectivity index (χ0v) is 15.6. The van der Waals surface area contributed by atoms with Crippen LogP contribution < -0.4 is 15.8 Å². The molecule has 1 aromatic carbocycles. The van der Waals surface area contributed by atoms with Gasteiger partial charge in [-0.05, 0) is 28.0 Å². The summed E-state index contributed by atoms with van der Waals surface area (Å²) >= 11 is 1.16. The minimum atomic E-state index is -3.87. The van der Waals surface area contributed by atoms with Crippen LogP contribution in [0.4, 0.5) is 10.1 Å². The molecule has 0 radical (unpaired) electrons. The predicted octanol–water partition coefficient (Wildman–Crippen LogP) is 0.473. The van der Waals surface area contributed by atoms with E-state index in [4.69, 9.17) is 10.5 Å². The van der Waals surface area contributed by atoms with E-state index in [9.17, 15) is 17.6 Å². The van der Waals surface area contributed by atoms with E-state index in [0.29, 0.717) is 22.0 Å². The molecule has 146 valence electrons. The molecule has 5 N–H and O–H groups in total. The van der Waals surface area contributed by atoms with Crippen molar-refractivity contribution in [3.63, 3.8) is 0 Å². The topological polar surface area (TPSA) is 164 Å². The molecule has 1 heterocycles. The van der Waals surface area contributed by atoms with Crippen molar-refractivity contribution in [3.8, 4) is 0 Å². The lowest BCUT2D eigenvalue weighted by Crippen LogP contribution is -2.34. The highest BCUT2D eigenvalue weighted by atomic mass is 32.2. The SMILES string of the molecule is N=C(Nc1cccc(CF)c1)c1nonc1SCCNC(=O)CS(N)(=O)=O. The zero-order chi connectivity index (χ0) is 19.9. The maximum atomic E-state index is 12.7. The summed E-state index contributed by atoms with van der Waals surface area (Å²) < 4.78 is 39.0. The van der Waals surface area contributed by atoms with Crippen molar-refractivity contribution in [1.82, 2.24) is 15.6 Å². The fraction of sp³-hybridized carbons (Fsp3) is 0.286. The summed E-state index contributed by atoms with van der Waals surface area (Å²) in [6.07, 6.45) is 0. The van der Waals surface area contributed by atoms with Gasteiger partial charge in [-0.1, -0.05) is 23.9 Å². The summed E-state index contributed by atoms with van der Waals surface area (Å²) in [6, 6.07) is 6.52. The maximum absolute atomic E-state index is 12.7. The Morgan fingerprint density at radius 3 is 2.85 bits per heavy atom. The first-order valence-electron chi connectivity index (χ1n) is 7.52. The molecule has 0 aliphatic carbocycles. The van der Waals surface area contributed by atoms with Crippen LogP contribution in [-0.4, -0.2) is 48.5 Å². The number of carbonyl (C=O) groups excluding carboxylic acids is 1. The third-order valence-corrected chi connectivity index (χ3v) is 4.66. The Morgan fingerprint density at radius 1 is 1.37 bits per heavy atom. The molecule has 0 saturated heterocycles. The highest BCUT2D eigenvalue weighted by molar-refractivity contribution is 7.99. The molecule has 0 aliphatic rings. The van der Waals surface area contributed by atoms with Gasteiger partial charge in [0, 0.05) is 18.0 Å². The number of nitrogens with zero attached hydrogens (tertiary/aromatic N) is 2. The number of amides is 1. The van der Waals surface area contributed by atoms with E-state index < -0.39 is 28.4 Å². The Labute approximate surface area is 158 Å². The van der Waals surface area contributed by atoms with Crippen LogP contribution >= 0.6 is 11.8 Å². The Kier molecular flexibility index (Phi) is 7.27. The Hall–Kier alpha value is -2.51. The van der Waals surface area contributed by atoms with Crippen LogP contribution in [0.1, 0.15) is 11.3 Å². The van der Waals surface area contributed by atoms with Gasteiger partial charge in [0.15, 0.2) is 16.6 Å². The van der Waals surface area contributed by atoms with E-state index in [1.54, 1.807) is 24.3 Å². The Balaban J connectivity index is 1.87. The fourth-order valence-corrected chi connectivity index (χ4v) is 3.16. The lowest BCUT2D eigenvalue weighted by Gasteiger charge is -2.07. The van der Waals surface area contributed by atoms with Gasteiger partial charge in [0.1, 0.15) is 12.4 Å². The molecule has 1 amide bonds. The third kappa shape index (κ3) is 6.96. The highest BCUT2D eigenvalue weighted by Crippen LogP contribution is 2.20. The van der Waals surface area contributed by atoms with E-state index in [1.807, 2.05) is 0 Å². The van der Waals surface area contributed by atoms with Crippen molar-refractivity contribution >= 4 is 39.2 Å². The van der Waals surface area contributed by atoms with Gasteiger partial charge >= 0.3 is 0 Å². The molecule has 27 heavy (non-hydrogen) atoms. The average Bonchev–Trinajstić information content (AvgIpc) is 3.06. The minimum absolute atomic E-state index is 0.0898. The number of sulfonamides is 1. The number of hydrogen-bond acceptors (Lipinski definition) is 8. The fourth-order valence-electron chi connectivity index (χ4n) is 1.94. The molecule has 13 heteroatoms. The third-order valence-electron chi connectivity index (χ3n) is 3.04. The number of alkyl halides is 1. The van der Waals surface area contributed by atoms with Crippen LogP contribution in [0, 0.1) is 5.41 Å². The van der Waals surface area contributed by atoms with Crippen molar-refractivity contribution in [2.45, 2.75) is 11.7 Å². The number of aromatic nitrogens is 2. The molecule has 0 unspecified atom stereocenters. The second-order valence-electron chi connectivity index (χ2n) is 5.26. The second-order valence-corrected chi connectivity index (χ2v) is 7.96. The standard InChI is InChI=1S/C14H17FN6O4S2/c15-7-9-2-1-3-10(6-9)19-13(16)12-14(21-25-20-12)26-5-4-18-11(22)8-27(17,23)24/h1-3,6H,4-5,7-8H2,(H2,16,19)(H,18,22)(H2,17,23,24). The molecule has 0 atom stereocenters. The zero-order valence-electron chi connectivity index (χ0n) is 13.9. The van der Waals surface area contributed by atoms with Crippen LogP contribution in [0.5, 0.6) is 0 Å². The number of halogens is 1. The summed E-state index contributed by atoms with van der Waals surface area (Å²) in [7, 11) is -3.87. The normalized spacial score (nSPS) is 11.2. The number of amidine groups is 1. The van der Waals surface area contributed by atoms with Crippen molar-refractivity contribution in [2.24, 2.45) is 5.14 Å². The first kappa shape index (κ1) is 20.8. The average molecular weight is 416 g/mol. The maximum Gasteiger partial charge on any atom is 0.236 e. The Morgan fingerprint density at radius 2 is 2.15 bits per heavy atom. The lowest BCUT2D eigenvalue weighted by atomic mass is 10.2. The van der Waals surface area contributed by atoms with Gasteiger partial charge in [0.2, 0.25) is 15.9 Å². The number of carbonyl (C=O) groups is 1. The first-order valence-corrected chi connectivity index (χ1v) is 10.2. The molecular weight excluding hydrogens is 399 g/mol. The molecular formula is C14H17FN6O4S2. The predicted molar refractivity (Wildman–Crippen MR) is 97.7 cm³/mol. The molecule has 0 aliphatic heterocycles. The van der Waals surface area contributed by atoms with Gasteiger partial charge in [-0.25, -0.2) is 22.6 Å². The van der Waals surface area contributed by atoms with Crippen LogP contribution in [0.15, 0.2) is 33.9 Å². The number of thioether (sulfide) groups is 1. The largest absolute Gasteiger partial charge is 0.354 e. The van der Waals surface area contributed by atoms with Gasteiger partial charge in [-0.15, -0.1) is 0 Å². The number of nitrogens with two attached hydrogens (primary N) is 1. The molecule has 0 spiro atoms.